The molecule has 2 aromatic heterocycles. The molecule has 1 saturated carbocycles. The highest BCUT2D eigenvalue weighted by Crippen LogP contribution is 2.30. The number of nitrogens with zero attached hydrogens (tertiary/aromatic N) is 2. The van der Waals surface area contributed by atoms with Crippen molar-refractivity contribution in [2.45, 2.75) is 18.9 Å². The van der Waals surface area contributed by atoms with Gasteiger partial charge >= 0.3 is 0 Å². The van der Waals surface area contributed by atoms with E-state index < -0.39 is 0 Å². The van der Waals surface area contributed by atoms with Crippen LogP contribution in [0.15, 0.2) is 12.3 Å². The van der Waals surface area contributed by atoms with Crippen molar-refractivity contribution in [3.63, 3.8) is 0 Å². The molecule has 72 valence electrons. The van der Waals surface area contributed by atoms with Gasteiger partial charge < -0.3 is 10.5 Å². The third kappa shape index (κ3) is 1.39. The Bertz CT molecular complexity index is 478. The van der Waals surface area contributed by atoms with Crippen molar-refractivity contribution in [1.29, 1.82) is 0 Å². The summed E-state index contributed by atoms with van der Waals surface area (Å²) in [4.78, 5) is 8.26. The Hall–Kier alpha value is -1.36. The number of rotatable bonds is 2. The Labute approximate surface area is 84.7 Å². The minimum atomic E-state index is 0.402. The van der Waals surface area contributed by atoms with Gasteiger partial charge in [-0.3, -0.25) is 0 Å². The normalized spacial score (nSPS) is 16.0. The van der Waals surface area contributed by atoms with Gasteiger partial charge in [-0.2, -0.15) is 0 Å². The van der Waals surface area contributed by atoms with E-state index in [1.165, 1.54) is 11.3 Å². The van der Waals surface area contributed by atoms with Gasteiger partial charge in [0.2, 0.25) is 0 Å². The van der Waals surface area contributed by atoms with E-state index >= 15 is 0 Å². The molecule has 5 heteroatoms. The van der Waals surface area contributed by atoms with Crippen molar-refractivity contribution in [3.8, 4) is 5.75 Å². The van der Waals surface area contributed by atoms with E-state index in [0.29, 0.717) is 16.9 Å². The molecular weight excluding hydrogens is 198 g/mol. The first kappa shape index (κ1) is 7.99. The molecule has 0 radical (unpaired) electrons. The summed E-state index contributed by atoms with van der Waals surface area (Å²) in [5, 5.41) is 0.552. The van der Waals surface area contributed by atoms with Crippen LogP contribution < -0.4 is 10.5 Å². The molecule has 1 fully saturated rings. The number of hydrogen-bond donors (Lipinski definition) is 1. The maximum Gasteiger partial charge on any atom is 0.182 e. The highest BCUT2D eigenvalue weighted by molar-refractivity contribution is 7.22. The lowest BCUT2D eigenvalue weighted by molar-refractivity contribution is 0.302. The van der Waals surface area contributed by atoms with Gasteiger partial charge in [0.25, 0.3) is 0 Å². The van der Waals surface area contributed by atoms with Crippen LogP contribution in [0.25, 0.3) is 10.3 Å². The zero-order valence-corrected chi connectivity index (χ0v) is 8.25. The molecule has 0 bridgehead atoms. The average molecular weight is 207 g/mol. The summed E-state index contributed by atoms with van der Waals surface area (Å²) in [5.41, 5.74) is 6.29. The fourth-order valence-corrected chi connectivity index (χ4v) is 1.98. The lowest BCUT2D eigenvalue weighted by Crippen LogP contribution is -1.95. The molecule has 0 aliphatic heterocycles. The minimum absolute atomic E-state index is 0.402. The predicted octanol–water partition coefficient (Wildman–Crippen LogP) is 1.81. The second kappa shape index (κ2) is 2.81. The maximum atomic E-state index is 5.62. The van der Waals surface area contributed by atoms with E-state index in [9.17, 15) is 0 Å². The van der Waals surface area contributed by atoms with Crippen LogP contribution in [0.4, 0.5) is 5.13 Å². The largest absolute Gasteiger partial charge is 0.489 e. The number of thiazole rings is 1. The van der Waals surface area contributed by atoms with Crippen LogP contribution in [-0.2, 0) is 0 Å². The second-order valence-electron chi connectivity index (χ2n) is 3.36. The van der Waals surface area contributed by atoms with Crippen LogP contribution in [-0.4, -0.2) is 16.1 Å². The summed E-state index contributed by atoms with van der Waals surface area (Å²) in [5.74, 6) is 0.823. The molecule has 0 unspecified atom stereocenters. The quantitative estimate of drug-likeness (QED) is 0.815. The molecule has 2 heterocycles. The summed E-state index contributed by atoms with van der Waals surface area (Å²) >= 11 is 1.44. The van der Waals surface area contributed by atoms with Gasteiger partial charge in [-0.1, -0.05) is 11.3 Å². The maximum absolute atomic E-state index is 5.62. The number of nitrogen functional groups attached to an aromatic ring is 1. The van der Waals surface area contributed by atoms with Crippen LogP contribution >= 0.6 is 11.3 Å². The topological polar surface area (TPSA) is 61.0 Å². The van der Waals surface area contributed by atoms with Crippen LogP contribution in [0.2, 0.25) is 0 Å². The minimum Gasteiger partial charge on any atom is -0.489 e. The number of aromatic nitrogens is 2. The number of hydrogen-bond acceptors (Lipinski definition) is 5. The zero-order chi connectivity index (χ0) is 9.54. The van der Waals surface area contributed by atoms with Crippen molar-refractivity contribution in [2.75, 3.05) is 5.73 Å². The van der Waals surface area contributed by atoms with Gasteiger partial charge in [0.05, 0.1) is 17.0 Å². The van der Waals surface area contributed by atoms with Gasteiger partial charge in [0, 0.05) is 6.07 Å². The molecule has 14 heavy (non-hydrogen) atoms. The Morgan fingerprint density at radius 2 is 2.36 bits per heavy atom. The summed E-state index contributed by atoms with van der Waals surface area (Å²) in [6.45, 7) is 0. The number of pyridine rings is 1. The monoisotopic (exact) mass is 207 g/mol. The van der Waals surface area contributed by atoms with Gasteiger partial charge in [0.1, 0.15) is 5.75 Å². The van der Waals surface area contributed by atoms with E-state index in [1.54, 1.807) is 6.20 Å². The van der Waals surface area contributed by atoms with Crippen LogP contribution in [0.1, 0.15) is 12.8 Å². The first-order valence-electron chi connectivity index (χ1n) is 4.50. The van der Waals surface area contributed by atoms with E-state index in [0.717, 1.165) is 23.3 Å². The number of fused-ring (bicyclic) bond motifs is 1. The Balaban J connectivity index is 2.00. The molecule has 0 saturated heterocycles. The van der Waals surface area contributed by atoms with Crippen LogP contribution in [0.3, 0.4) is 0 Å². The molecule has 0 amide bonds. The smallest absolute Gasteiger partial charge is 0.182 e. The lowest BCUT2D eigenvalue weighted by Gasteiger charge is -2.01. The highest BCUT2D eigenvalue weighted by atomic mass is 32.1. The van der Waals surface area contributed by atoms with Crippen molar-refractivity contribution in [2.24, 2.45) is 0 Å². The molecule has 0 spiro atoms. The predicted molar refractivity (Wildman–Crippen MR) is 55.5 cm³/mol. The molecule has 4 nitrogen and oxygen atoms in total. The van der Waals surface area contributed by atoms with Gasteiger partial charge in [-0.15, -0.1) is 0 Å². The Morgan fingerprint density at radius 3 is 3.14 bits per heavy atom. The fourth-order valence-electron chi connectivity index (χ4n) is 1.26. The van der Waals surface area contributed by atoms with Crippen LogP contribution in [0.5, 0.6) is 5.75 Å². The molecule has 1 aliphatic rings. The van der Waals surface area contributed by atoms with Gasteiger partial charge in [0.15, 0.2) is 10.8 Å². The summed E-state index contributed by atoms with van der Waals surface area (Å²) < 4.78 is 6.60. The molecule has 0 atom stereocenters. The van der Waals surface area contributed by atoms with Gasteiger partial charge in [-0.25, -0.2) is 9.97 Å². The first-order chi connectivity index (χ1) is 6.81. The molecular formula is C9H9N3OS. The third-order valence-corrected chi connectivity index (χ3v) is 2.89. The second-order valence-corrected chi connectivity index (χ2v) is 4.42. The average Bonchev–Trinajstić information content (AvgIpc) is 2.86. The standard InChI is InChI=1S/C9H9N3OS/c10-9-12-8-7(14-9)3-6(4-11-8)13-5-1-2-5/h3-5H,1-2H2,(H2,10,11,12). The Morgan fingerprint density at radius 1 is 1.50 bits per heavy atom. The molecule has 0 aromatic carbocycles. The van der Waals surface area contributed by atoms with Crippen molar-refractivity contribution >= 4 is 26.8 Å². The molecule has 1 aliphatic carbocycles. The first-order valence-corrected chi connectivity index (χ1v) is 5.31. The fraction of sp³-hybridized carbons (Fsp3) is 0.333. The van der Waals surface area contributed by atoms with Crippen molar-refractivity contribution in [3.05, 3.63) is 12.3 Å². The highest BCUT2D eigenvalue weighted by Gasteiger charge is 2.23. The summed E-state index contributed by atoms with van der Waals surface area (Å²) in [7, 11) is 0. The van der Waals surface area contributed by atoms with E-state index in [4.69, 9.17) is 10.5 Å². The number of ether oxygens (including phenoxy) is 1. The molecule has 3 rings (SSSR count). The van der Waals surface area contributed by atoms with E-state index in [1.807, 2.05) is 6.07 Å². The zero-order valence-electron chi connectivity index (χ0n) is 7.43. The van der Waals surface area contributed by atoms with E-state index in [-0.39, 0.29) is 0 Å². The van der Waals surface area contributed by atoms with Crippen molar-refractivity contribution in [1.82, 2.24) is 9.97 Å². The van der Waals surface area contributed by atoms with Crippen molar-refractivity contribution < 1.29 is 4.74 Å². The third-order valence-electron chi connectivity index (χ3n) is 2.07. The Kier molecular flexibility index (Phi) is 1.61. The molecule has 2 aromatic rings. The summed E-state index contributed by atoms with van der Waals surface area (Å²) in [6.07, 6.45) is 4.42. The number of nitrogens with two attached hydrogens (primary N) is 1. The molecule has 2 N–H and O–H groups in total. The van der Waals surface area contributed by atoms with Crippen LogP contribution in [0, 0.1) is 0 Å². The van der Waals surface area contributed by atoms with E-state index in [2.05, 4.69) is 9.97 Å². The van der Waals surface area contributed by atoms with Gasteiger partial charge in [-0.05, 0) is 12.8 Å². The summed E-state index contributed by atoms with van der Waals surface area (Å²) in [6, 6.07) is 1.95. The lowest BCUT2D eigenvalue weighted by atomic mass is 10.4. The SMILES string of the molecule is Nc1nc2ncc(OC3CC3)cc2s1. The number of anilines is 1.